The third kappa shape index (κ3) is 3.26. The second-order valence-electron chi connectivity index (χ2n) is 7.30. The highest BCUT2D eigenvalue weighted by Gasteiger charge is 2.42. The molecule has 0 aliphatic carbocycles. The van der Waals surface area contributed by atoms with Crippen molar-refractivity contribution in [2.45, 2.75) is 32.7 Å². The summed E-state index contributed by atoms with van der Waals surface area (Å²) >= 11 is 0. The third-order valence-electron chi connectivity index (χ3n) is 5.35. The van der Waals surface area contributed by atoms with Crippen molar-refractivity contribution in [1.82, 2.24) is 19.9 Å². The predicted molar refractivity (Wildman–Crippen MR) is 94.8 cm³/mol. The average Bonchev–Trinajstić information content (AvgIpc) is 2.99. The van der Waals surface area contributed by atoms with Crippen LogP contribution in [0.15, 0.2) is 36.7 Å². The molecule has 24 heavy (non-hydrogen) atoms. The van der Waals surface area contributed by atoms with E-state index in [9.17, 15) is 0 Å². The summed E-state index contributed by atoms with van der Waals surface area (Å²) in [6.45, 7) is 7.52. The minimum Gasteiger partial charge on any atom is -0.340 e. The van der Waals surface area contributed by atoms with Gasteiger partial charge in [0, 0.05) is 49.7 Å². The number of nitrogens with zero attached hydrogens (tertiary/aromatic N) is 5. The topological polar surface area (TPSA) is 45.2 Å². The van der Waals surface area contributed by atoms with E-state index in [4.69, 9.17) is 0 Å². The van der Waals surface area contributed by atoms with Crippen LogP contribution >= 0.6 is 0 Å². The first-order valence-electron chi connectivity index (χ1n) is 8.89. The van der Waals surface area contributed by atoms with Gasteiger partial charge in [0.25, 0.3) is 0 Å². The fourth-order valence-electron chi connectivity index (χ4n) is 4.26. The van der Waals surface area contributed by atoms with Crippen molar-refractivity contribution in [1.29, 1.82) is 0 Å². The van der Waals surface area contributed by atoms with Crippen molar-refractivity contribution in [2.75, 3.05) is 31.1 Å². The zero-order valence-corrected chi connectivity index (χ0v) is 14.4. The van der Waals surface area contributed by atoms with Gasteiger partial charge in [0.1, 0.15) is 0 Å². The molecule has 4 rings (SSSR count). The molecular formula is C19H25N5. The molecule has 2 aliphatic rings. The molecular weight excluding hydrogens is 298 g/mol. The zero-order valence-electron chi connectivity index (χ0n) is 14.4. The summed E-state index contributed by atoms with van der Waals surface area (Å²) in [6.07, 6.45) is 7.50. The van der Waals surface area contributed by atoms with Crippen molar-refractivity contribution in [3.63, 3.8) is 0 Å². The minimum absolute atomic E-state index is 0.390. The van der Waals surface area contributed by atoms with E-state index in [2.05, 4.69) is 49.9 Å². The van der Waals surface area contributed by atoms with Gasteiger partial charge in [0.2, 0.25) is 5.95 Å². The summed E-state index contributed by atoms with van der Waals surface area (Å²) in [5, 5.41) is 0. The molecule has 2 aromatic heterocycles. The first-order valence-corrected chi connectivity index (χ1v) is 8.89. The fourth-order valence-corrected chi connectivity index (χ4v) is 4.26. The summed E-state index contributed by atoms with van der Waals surface area (Å²) in [4.78, 5) is 18.5. The Labute approximate surface area is 143 Å². The summed E-state index contributed by atoms with van der Waals surface area (Å²) in [5.41, 5.74) is 2.68. The van der Waals surface area contributed by atoms with Crippen molar-refractivity contribution in [3.8, 4) is 0 Å². The molecule has 0 N–H and O–H groups in total. The van der Waals surface area contributed by atoms with E-state index in [1.165, 1.54) is 31.5 Å². The average molecular weight is 323 g/mol. The van der Waals surface area contributed by atoms with E-state index >= 15 is 0 Å². The number of aromatic nitrogens is 3. The molecule has 5 nitrogen and oxygen atoms in total. The first-order chi connectivity index (χ1) is 11.7. The molecule has 0 aromatic carbocycles. The highest BCUT2D eigenvalue weighted by molar-refractivity contribution is 5.32. The Morgan fingerprint density at radius 3 is 2.75 bits per heavy atom. The van der Waals surface area contributed by atoms with Gasteiger partial charge in [-0.2, -0.15) is 0 Å². The standard InChI is InChI=1S/C19H25N5/c1-16-5-2-6-17(22-16)13-23-11-3-7-19(14-23)8-12-24(15-19)18-20-9-4-10-21-18/h2,4-6,9-10H,3,7-8,11-15H2,1H3/t19-/m1/s1. The van der Waals surface area contributed by atoms with Gasteiger partial charge in [-0.3, -0.25) is 9.88 Å². The molecule has 0 unspecified atom stereocenters. The maximum atomic E-state index is 4.67. The molecule has 0 amide bonds. The van der Waals surface area contributed by atoms with Crippen molar-refractivity contribution in [3.05, 3.63) is 48.0 Å². The molecule has 0 radical (unpaired) electrons. The largest absolute Gasteiger partial charge is 0.340 e. The van der Waals surface area contributed by atoms with Gasteiger partial charge in [-0.05, 0) is 50.9 Å². The number of pyridine rings is 1. The van der Waals surface area contributed by atoms with Gasteiger partial charge in [-0.15, -0.1) is 0 Å². The first kappa shape index (κ1) is 15.5. The van der Waals surface area contributed by atoms with Crippen LogP contribution in [0.2, 0.25) is 0 Å². The molecule has 2 saturated heterocycles. The lowest BCUT2D eigenvalue weighted by molar-refractivity contribution is 0.0980. The van der Waals surface area contributed by atoms with Gasteiger partial charge >= 0.3 is 0 Å². The molecule has 5 heteroatoms. The van der Waals surface area contributed by atoms with Gasteiger partial charge in [0.15, 0.2) is 0 Å². The third-order valence-corrected chi connectivity index (χ3v) is 5.35. The van der Waals surface area contributed by atoms with Crippen molar-refractivity contribution < 1.29 is 0 Å². The summed E-state index contributed by atoms with van der Waals surface area (Å²) < 4.78 is 0. The summed E-state index contributed by atoms with van der Waals surface area (Å²) in [5.74, 6) is 0.881. The summed E-state index contributed by atoms with van der Waals surface area (Å²) in [6, 6.07) is 8.21. The number of rotatable bonds is 3. The van der Waals surface area contributed by atoms with Gasteiger partial charge in [0.05, 0.1) is 5.69 Å². The Bertz CT molecular complexity index is 689. The number of aryl methyl sites for hydroxylation is 1. The number of hydrogen-bond acceptors (Lipinski definition) is 5. The molecule has 4 heterocycles. The molecule has 0 saturated carbocycles. The van der Waals surface area contributed by atoms with E-state index < -0.39 is 0 Å². The Kier molecular flexibility index (Phi) is 4.19. The lowest BCUT2D eigenvalue weighted by Crippen LogP contribution is -2.44. The van der Waals surface area contributed by atoms with Crippen LogP contribution in [0.5, 0.6) is 0 Å². The zero-order chi connectivity index (χ0) is 16.4. The van der Waals surface area contributed by atoms with Crippen LogP contribution in [-0.4, -0.2) is 46.0 Å². The monoisotopic (exact) mass is 323 g/mol. The Balaban J connectivity index is 1.43. The number of hydrogen-bond donors (Lipinski definition) is 0. The Morgan fingerprint density at radius 1 is 1.04 bits per heavy atom. The van der Waals surface area contributed by atoms with E-state index in [0.29, 0.717) is 5.41 Å². The van der Waals surface area contributed by atoms with Crippen LogP contribution in [-0.2, 0) is 6.54 Å². The summed E-state index contributed by atoms with van der Waals surface area (Å²) in [7, 11) is 0. The van der Waals surface area contributed by atoms with Crippen LogP contribution < -0.4 is 4.90 Å². The smallest absolute Gasteiger partial charge is 0.225 e. The van der Waals surface area contributed by atoms with Crippen molar-refractivity contribution in [2.24, 2.45) is 5.41 Å². The molecule has 1 spiro atoms. The molecule has 1 atom stereocenters. The van der Waals surface area contributed by atoms with Crippen LogP contribution in [0.3, 0.4) is 0 Å². The fraction of sp³-hybridized carbons (Fsp3) is 0.526. The molecule has 2 aliphatic heterocycles. The lowest BCUT2D eigenvalue weighted by Gasteiger charge is -2.40. The minimum atomic E-state index is 0.390. The molecule has 126 valence electrons. The number of anilines is 1. The highest BCUT2D eigenvalue weighted by Crippen LogP contribution is 2.40. The second-order valence-corrected chi connectivity index (χ2v) is 7.30. The molecule has 2 fully saturated rings. The van der Waals surface area contributed by atoms with Gasteiger partial charge in [-0.1, -0.05) is 6.07 Å². The molecule has 0 bridgehead atoms. The van der Waals surface area contributed by atoms with E-state index in [0.717, 1.165) is 37.8 Å². The second kappa shape index (κ2) is 6.48. The normalized spacial score (nSPS) is 24.6. The van der Waals surface area contributed by atoms with Crippen LogP contribution in [0.1, 0.15) is 30.7 Å². The molecule has 2 aromatic rings. The van der Waals surface area contributed by atoms with E-state index in [1.54, 1.807) is 0 Å². The van der Waals surface area contributed by atoms with Gasteiger partial charge in [-0.25, -0.2) is 9.97 Å². The van der Waals surface area contributed by atoms with Crippen LogP contribution in [0, 0.1) is 12.3 Å². The lowest BCUT2D eigenvalue weighted by atomic mass is 9.79. The van der Waals surface area contributed by atoms with E-state index in [1.807, 2.05) is 18.5 Å². The highest BCUT2D eigenvalue weighted by atomic mass is 15.3. The van der Waals surface area contributed by atoms with Crippen LogP contribution in [0.4, 0.5) is 5.95 Å². The quantitative estimate of drug-likeness (QED) is 0.869. The number of piperidine rings is 1. The predicted octanol–water partition coefficient (Wildman–Crippen LogP) is 2.67. The Morgan fingerprint density at radius 2 is 1.92 bits per heavy atom. The number of likely N-dealkylation sites (tertiary alicyclic amines) is 1. The maximum absolute atomic E-state index is 4.67. The Hall–Kier alpha value is -2.01. The van der Waals surface area contributed by atoms with Crippen molar-refractivity contribution >= 4 is 5.95 Å². The van der Waals surface area contributed by atoms with Gasteiger partial charge < -0.3 is 4.90 Å². The van der Waals surface area contributed by atoms with Crippen LogP contribution in [0.25, 0.3) is 0 Å². The van der Waals surface area contributed by atoms with E-state index in [-0.39, 0.29) is 0 Å². The SMILES string of the molecule is Cc1cccc(CN2CCC[C@@]3(CCN(c4ncccn4)C3)C2)n1. The maximum Gasteiger partial charge on any atom is 0.225 e.